The second kappa shape index (κ2) is 8.84. The van der Waals surface area contributed by atoms with Gasteiger partial charge in [-0.2, -0.15) is 0 Å². The summed E-state index contributed by atoms with van der Waals surface area (Å²) in [4.78, 5) is 22.8. The number of methoxy groups -OCH3 is 2. The van der Waals surface area contributed by atoms with E-state index in [-0.39, 0.29) is 11.6 Å². The van der Waals surface area contributed by atoms with E-state index < -0.39 is 0 Å². The van der Waals surface area contributed by atoms with Gasteiger partial charge in [-0.25, -0.2) is 9.97 Å². The number of nitrogens with zero attached hydrogens (tertiary/aromatic N) is 3. The van der Waals surface area contributed by atoms with E-state index in [0.717, 1.165) is 6.54 Å². The van der Waals surface area contributed by atoms with Crippen molar-refractivity contribution in [3.8, 4) is 11.5 Å². The summed E-state index contributed by atoms with van der Waals surface area (Å²) in [6.45, 7) is 1.53. The Morgan fingerprint density at radius 3 is 2.60 bits per heavy atom. The SMILES string of the molecule is COc1ccc(NC(=O)c2ccnc(NCCN(C)C)n2)cc1OC. The van der Waals surface area contributed by atoms with Crippen LogP contribution in [0.4, 0.5) is 11.6 Å². The molecule has 1 aromatic carbocycles. The number of benzene rings is 1. The van der Waals surface area contributed by atoms with Gasteiger partial charge in [0.05, 0.1) is 14.2 Å². The molecule has 25 heavy (non-hydrogen) atoms. The third-order valence-electron chi connectivity index (χ3n) is 3.37. The molecule has 8 heteroatoms. The summed E-state index contributed by atoms with van der Waals surface area (Å²) >= 11 is 0. The largest absolute Gasteiger partial charge is 0.493 e. The zero-order chi connectivity index (χ0) is 18.2. The maximum absolute atomic E-state index is 12.4. The third-order valence-corrected chi connectivity index (χ3v) is 3.37. The van der Waals surface area contributed by atoms with Crippen LogP contribution in [0.1, 0.15) is 10.5 Å². The number of hydrogen-bond acceptors (Lipinski definition) is 7. The van der Waals surface area contributed by atoms with Crippen molar-refractivity contribution in [3.63, 3.8) is 0 Å². The fraction of sp³-hybridized carbons (Fsp3) is 0.353. The van der Waals surface area contributed by atoms with Crippen LogP contribution >= 0.6 is 0 Å². The number of ether oxygens (including phenoxy) is 2. The first-order chi connectivity index (χ1) is 12.0. The Hall–Kier alpha value is -2.87. The zero-order valence-electron chi connectivity index (χ0n) is 14.9. The highest BCUT2D eigenvalue weighted by atomic mass is 16.5. The molecule has 0 atom stereocenters. The number of hydrogen-bond donors (Lipinski definition) is 2. The lowest BCUT2D eigenvalue weighted by Crippen LogP contribution is -2.22. The van der Waals surface area contributed by atoms with Gasteiger partial charge >= 0.3 is 0 Å². The van der Waals surface area contributed by atoms with Crippen molar-refractivity contribution in [3.05, 3.63) is 36.2 Å². The van der Waals surface area contributed by atoms with Crippen molar-refractivity contribution in [1.29, 1.82) is 0 Å². The van der Waals surface area contributed by atoms with Gasteiger partial charge < -0.3 is 25.0 Å². The van der Waals surface area contributed by atoms with Crippen LogP contribution in [0.5, 0.6) is 11.5 Å². The molecule has 0 unspecified atom stereocenters. The molecule has 134 valence electrons. The fourth-order valence-corrected chi connectivity index (χ4v) is 2.07. The number of amides is 1. The van der Waals surface area contributed by atoms with Crippen molar-refractivity contribution >= 4 is 17.5 Å². The lowest BCUT2D eigenvalue weighted by atomic mass is 10.2. The van der Waals surface area contributed by atoms with E-state index in [1.807, 2.05) is 19.0 Å². The molecule has 0 spiro atoms. The average Bonchev–Trinajstić information content (AvgIpc) is 2.61. The normalized spacial score (nSPS) is 10.4. The van der Waals surface area contributed by atoms with E-state index in [9.17, 15) is 4.79 Å². The predicted octanol–water partition coefficient (Wildman–Crippen LogP) is 1.72. The van der Waals surface area contributed by atoms with E-state index in [2.05, 4.69) is 20.6 Å². The molecule has 1 amide bonds. The first-order valence-electron chi connectivity index (χ1n) is 7.78. The number of likely N-dealkylation sites (N-methyl/N-ethyl adjacent to an activating group) is 1. The molecule has 1 heterocycles. The van der Waals surface area contributed by atoms with Crippen LogP contribution in [-0.2, 0) is 0 Å². The number of aromatic nitrogens is 2. The predicted molar refractivity (Wildman–Crippen MR) is 96.6 cm³/mol. The van der Waals surface area contributed by atoms with Gasteiger partial charge in [0.1, 0.15) is 5.69 Å². The number of nitrogens with one attached hydrogen (secondary N) is 2. The first kappa shape index (κ1) is 18.5. The summed E-state index contributed by atoms with van der Waals surface area (Å²) in [5, 5.41) is 5.87. The highest BCUT2D eigenvalue weighted by molar-refractivity contribution is 6.03. The van der Waals surface area contributed by atoms with E-state index in [1.54, 1.807) is 44.7 Å². The second-order valence-electron chi connectivity index (χ2n) is 5.52. The smallest absolute Gasteiger partial charge is 0.274 e. The standard InChI is InChI=1S/C17H23N5O3/c1-22(2)10-9-19-17-18-8-7-13(21-17)16(23)20-12-5-6-14(24-3)15(11-12)25-4/h5-8,11H,9-10H2,1-4H3,(H,20,23)(H,18,19,21). The van der Waals surface area contributed by atoms with Crippen LogP contribution in [0, 0.1) is 0 Å². The van der Waals surface area contributed by atoms with Gasteiger partial charge in [-0.15, -0.1) is 0 Å². The van der Waals surface area contributed by atoms with Crippen molar-refractivity contribution in [2.75, 3.05) is 52.0 Å². The van der Waals surface area contributed by atoms with Gasteiger partial charge in [-0.1, -0.05) is 0 Å². The molecule has 0 bridgehead atoms. The lowest BCUT2D eigenvalue weighted by Gasteiger charge is -2.11. The van der Waals surface area contributed by atoms with Gasteiger partial charge in [0, 0.05) is 31.0 Å². The molecule has 2 rings (SSSR count). The molecular weight excluding hydrogens is 322 g/mol. The van der Waals surface area contributed by atoms with Crippen molar-refractivity contribution in [2.45, 2.75) is 0 Å². The lowest BCUT2D eigenvalue weighted by molar-refractivity contribution is 0.102. The van der Waals surface area contributed by atoms with E-state index in [4.69, 9.17) is 9.47 Å². The molecule has 2 N–H and O–H groups in total. The summed E-state index contributed by atoms with van der Waals surface area (Å²) in [7, 11) is 7.06. The molecule has 0 saturated heterocycles. The van der Waals surface area contributed by atoms with Crippen molar-refractivity contribution < 1.29 is 14.3 Å². The molecule has 0 aliphatic heterocycles. The quantitative estimate of drug-likeness (QED) is 0.753. The first-order valence-corrected chi connectivity index (χ1v) is 7.78. The topological polar surface area (TPSA) is 88.6 Å². The highest BCUT2D eigenvalue weighted by Gasteiger charge is 2.11. The second-order valence-corrected chi connectivity index (χ2v) is 5.52. The van der Waals surface area contributed by atoms with E-state index in [0.29, 0.717) is 29.7 Å². The summed E-state index contributed by atoms with van der Waals surface area (Å²) in [5.41, 5.74) is 0.862. The summed E-state index contributed by atoms with van der Waals surface area (Å²) < 4.78 is 10.4. The minimum absolute atomic E-state index is 0.275. The van der Waals surface area contributed by atoms with Crippen LogP contribution in [0.3, 0.4) is 0 Å². The average molecular weight is 345 g/mol. The van der Waals surface area contributed by atoms with Gasteiger partial charge in [0.2, 0.25) is 5.95 Å². The summed E-state index contributed by atoms with van der Waals surface area (Å²) in [6.07, 6.45) is 1.55. The molecule has 1 aromatic heterocycles. The highest BCUT2D eigenvalue weighted by Crippen LogP contribution is 2.29. The van der Waals surface area contributed by atoms with Crippen LogP contribution in [0.2, 0.25) is 0 Å². The Morgan fingerprint density at radius 1 is 1.16 bits per heavy atom. The molecule has 2 aromatic rings. The van der Waals surface area contributed by atoms with Gasteiger partial charge in [-0.05, 0) is 32.3 Å². The Labute approximate surface area is 147 Å². The maximum Gasteiger partial charge on any atom is 0.274 e. The molecule has 0 saturated carbocycles. The molecule has 0 radical (unpaired) electrons. The molecular formula is C17H23N5O3. The Morgan fingerprint density at radius 2 is 1.92 bits per heavy atom. The Balaban J connectivity index is 2.05. The van der Waals surface area contributed by atoms with E-state index in [1.165, 1.54) is 0 Å². The Kier molecular flexibility index (Phi) is 6.53. The van der Waals surface area contributed by atoms with Crippen LogP contribution in [-0.4, -0.2) is 62.2 Å². The molecule has 0 fully saturated rings. The zero-order valence-corrected chi connectivity index (χ0v) is 14.9. The summed E-state index contributed by atoms with van der Waals surface area (Å²) in [6, 6.07) is 6.71. The number of rotatable bonds is 8. The Bertz CT molecular complexity index is 721. The summed E-state index contributed by atoms with van der Waals surface area (Å²) in [5.74, 6) is 1.22. The number of anilines is 2. The van der Waals surface area contributed by atoms with E-state index >= 15 is 0 Å². The maximum atomic E-state index is 12.4. The van der Waals surface area contributed by atoms with Gasteiger partial charge in [-0.3, -0.25) is 4.79 Å². The van der Waals surface area contributed by atoms with Gasteiger partial charge in [0.25, 0.3) is 5.91 Å². The molecule has 8 nitrogen and oxygen atoms in total. The minimum Gasteiger partial charge on any atom is -0.493 e. The monoisotopic (exact) mass is 345 g/mol. The van der Waals surface area contributed by atoms with Gasteiger partial charge in [0.15, 0.2) is 11.5 Å². The fourth-order valence-electron chi connectivity index (χ4n) is 2.07. The third kappa shape index (κ3) is 5.32. The van der Waals surface area contributed by atoms with Crippen molar-refractivity contribution in [2.24, 2.45) is 0 Å². The van der Waals surface area contributed by atoms with Crippen molar-refractivity contribution in [1.82, 2.24) is 14.9 Å². The van der Waals surface area contributed by atoms with Crippen LogP contribution in [0.15, 0.2) is 30.5 Å². The minimum atomic E-state index is -0.328. The number of carbonyl (C=O) groups excluding carboxylic acids is 1. The van der Waals surface area contributed by atoms with Crippen LogP contribution in [0.25, 0.3) is 0 Å². The number of carbonyl (C=O) groups is 1. The molecule has 0 aliphatic rings. The van der Waals surface area contributed by atoms with Crippen LogP contribution < -0.4 is 20.1 Å². The molecule has 0 aliphatic carbocycles.